The number of aromatic amines is 1. The van der Waals surface area contributed by atoms with Gasteiger partial charge < -0.3 is 15.0 Å². The van der Waals surface area contributed by atoms with Crippen LogP contribution in [0.15, 0.2) is 77.7 Å². The van der Waals surface area contributed by atoms with Gasteiger partial charge in [0, 0.05) is 41.4 Å². The zero-order valence-electron chi connectivity index (χ0n) is 21.9. The first kappa shape index (κ1) is 26.0. The molecule has 0 aliphatic carbocycles. The van der Waals surface area contributed by atoms with E-state index in [9.17, 15) is 13.2 Å². The summed E-state index contributed by atoms with van der Waals surface area (Å²) in [4.78, 5) is 16.8. The molecule has 0 radical (unpaired) electrons. The van der Waals surface area contributed by atoms with Crippen LogP contribution in [-0.4, -0.2) is 38.6 Å². The number of carbonyl (C=O) groups excluding carboxylic acids is 1. The SMILES string of the molecule is CC(C)(C)c1ccc(S(=O)(=O)Nc2ccc3[nH]c(C(=O)NC4CCOCC4)c(-c4ccccc4)c3c2)cc1. The number of fused-ring (bicyclic) bond motifs is 1. The highest BCUT2D eigenvalue weighted by Gasteiger charge is 2.24. The molecule has 3 N–H and O–H groups in total. The molecular formula is C30H33N3O4S. The fourth-order valence-electron chi connectivity index (χ4n) is 4.78. The predicted octanol–water partition coefficient (Wildman–Crippen LogP) is 5.84. The van der Waals surface area contributed by atoms with E-state index in [2.05, 4.69) is 35.8 Å². The van der Waals surface area contributed by atoms with E-state index in [0.29, 0.717) is 24.6 Å². The Morgan fingerprint density at radius 3 is 2.29 bits per heavy atom. The van der Waals surface area contributed by atoms with Crippen LogP contribution in [0.5, 0.6) is 0 Å². The van der Waals surface area contributed by atoms with Crippen molar-refractivity contribution in [1.29, 1.82) is 0 Å². The molecule has 8 heteroatoms. The topological polar surface area (TPSA) is 100 Å². The Bertz CT molecular complexity index is 1550. The van der Waals surface area contributed by atoms with Crippen LogP contribution in [-0.2, 0) is 20.2 Å². The van der Waals surface area contributed by atoms with Gasteiger partial charge in [0.1, 0.15) is 5.69 Å². The molecule has 4 aromatic rings. The first-order valence-electron chi connectivity index (χ1n) is 12.8. The van der Waals surface area contributed by atoms with Crippen molar-refractivity contribution in [2.24, 2.45) is 0 Å². The summed E-state index contributed by atoms with van der Waals surface area (Å²) in [5, 5.41) is 3.89. The Hall–Kier alpha value is -3.62. The number of ether oxygens (including phenoxy) is 1. The Labute approximate surface area is 223 Å². The average Bonchev–Trinajstić information content (AvgIpc) is 3.28. The maximum Gasteiger partial charge on any atom is 0.268 e. The first-order chi connectivity index (χ1) is 18.1. The quantitative estimate of drug-likeness (QED) is 0.291. The second-order valence-corrected chi connectivity index (χ2v) is 12.4. The number of hydrogen-bond donors (Lipinski definition) is 3. The highest BCUT2D eigenvalue weighted by Crippen LogP contribution is 2.35. The monoisotopic (exact) mass is 531 g/mol. The van der Waals surface area contributed by atoms with E-state index in [0.717, 1.165) is 40.4 Å². The van der Waals surface area contributed by atoms with Crippen molar-refractivity contribution in [3.8, 4) is 11.1 Å². The van der Waals surface area contributed by atoms with E-state index in [-0.39, 0.29) is 22.3 Å². The largest absolute Gasteiger partial charge is 0.381 e. The van der Waals surface area contributed by atoms with E-state index in [1.165, 1.54) is 0 Å². The minimum absolute atomic E-state index is 0.0540. The summed E-state index contributed by atoms with van der Waals surface area (Å²) in [7, 11) is -3.80. The molecule has 1 amide bonds. The molecule has 5 rings (SSSR count). The van der Waals surface area contributed by atoms with E-state index in [1.807, 2.05) is 42.5 Å². The molecule has 1 aromatic heterocycles. The molecule has 38 heavy (non-hydrogen) atoms. The molecule has 7 nitrogen and oxygen atoms in total. The number of rotatable bonds is 6. The summed E-state index contributed by atoms with van der Waals surface area (Å²) >= 11 is 0. The van der Waals surface area contributed by atoms with Crippen molar-refractivity contribution in [2.45, 2.75) is 50.0 Å². The van der Waals surface area contributed by atoms with Crippen LogP contribution >= 0.6 is 0 Å². The molecule has 198 valence electrons. The summed E-state index contributed by atoms with van der Waals surface area (Å²) in [6.45, 7) is 7.52. The van der Waals surface area contributed by atoms with Crippen molar-refractivity contribution in [3.63, 3.8) is 0 Å². The fourth-order valence-corrected chi connectivity index (χ4v) is 5.83. The molecular weight excluding hydrogens is 498 g/mol. The molecule has 0 bridgehead atoms. The number of amides is 1. The maximum atomic E-state index is 13.4. The van der Waals surface area contributed by atoms with Crippen LogP contribution in [0.2, 0.25) is 0 Å². The third-order valence-corrected chi connectivity index (χ3v) is 8.32. The highest BCUT2D eigenvalue weighted by atomic mass is 32.2. The third-order valence-electron chi connectivity index (χ3n) is 6.93. The summed E-state index contributed by atoms with van der Waals surface area (Å²) in [5.41, 5.74) is 4.22. The van der Waals surface area contributed by atoms with Gasteiger partial charge in [0.05, 0.1) is 4.90 Å². The van der Waals surface area contributed by atoms with Gasteiger partial charge in [0.15, 0.2) is 0 Å². The Balaban J connectivity index is 1.50. The van der Waals surface area contributed by atoms with Gasteiger partial charge in [-0.3, -0.25) is 9.52 Å². The lowest BCUT2D eigenvalue weighted by Gasteiger charge is -2.23. The van der Waals surface area contributed by atoms with Gasteiger partial charge in [-0.1, -0.05) is 63.2 Å². The molecule has 3 aromatic carbocycles. The lowest BCUT2D eigenvalue weighted by atomic mass is 9.87. The highest BCUT2D eigenvalue weighted by molar-refractivity contribution is 7.92. The van der Waals surface area contributed by atoms with E-state index in [4.69, 9.17) is 4.74 Å². The van der Waals surface area contributed by atoms with Gasteiger partial charge in [-0.15, -0.1) is 0 Å². The number of benzene rings is 3. The number of aromatic nitrogens is 1. The molecule has 1 aliphatic heterocycles. The lowest BCUT2D eigenvalue weighted by Crippen LogP contribution is -2.39. The molecule has 2 heterocycles. The van der Waals surface area contributed by atoms with Gasteiger partial charge in [0.2, 0.25) is 0 Å². The number of hydrogen-bond acceptors (Lipinski definition) is 4. The van der Waals surface area contributed by atoms with E-state index < -0.39 is 10.0 Å². The first-order valence-corrected chi connectivity index (χ1v) is 14.3. The van der Waals surface area contributed by atoms with Gasteiger partial charge >= 0.3 is 0 Å². The van der Waals surface area contributed by atoms with Crippen molar-refractivity contribution in [2.75, 3.05) is 17.9 Å². The minimum Gasteiger partial charge on any atom is -0.381 e. The molecule has 0 saturated carbocycles. The predicted molar refractivity (Wildman–Crippen MR) is 151 cm³/mol. The summed E-state index contributed by atoms with van der Waals surface area (Å²) in [6, 6.07) is 21.9. The number of nitrogens with one attached hydrogen (secondary N) is 3. The zero-order chi connectivity index (χ0) is 26.9. The normalized spacial score (nSPS) is 14.9. The molecule has 0 atom stereocenters. The van der Waals surface area contributed by atoms with Gasteiger partial charge in [-0.2, -0.15) is 0 Å². The summed E-state index contributed by atoms with van der Waals surface area (Å²) in [6.07, 6.45) is 1.55. The number of H-pyrrole nitrogens is 1. The van der Waals surface area contributed by atoms with Crippen LogP contribution < -0.4 is 10.0 Å². The second kappa shape index (κ2) is 10.3. The van der Waals surface area contributed by atoms with Crippen molar-refractivity contribution in [3.05, 3.63) is 84.1 Å². The van der Waals surface area contributed by atoms with Crippen LogP contribution in [0.4, 0.5) is 5.69 Å². The summed E-state index contributed by atoms with van der Waals surface area (Å²) < 4.78 is 34.5. The lowest BCUT2D eigenvalue weighted by molar-refractivity contribution is 0.0695. The Morgan fingerprint density at radius 2 is 1.63 bits per heavy atom. The van der Waals surface area contributed by atoms with E-state index in [1.54, 1.807) is 30.3 Å². The van der Waals surface area contributed by atoms with Crippen LogP contribution in [0.1, 0.15) is 49.7 Å². The average molecular weight is 532 g/mol. The minimum atomic E-state index is -3.80. The Morgan fingerprint density at radius 1 is 0.947 bits per heavy atom. The van der Waals surface area contributed by atoms with Crippen molar-refractivity contribution in [1.82, 2.24) is 10.3 Å². The molecule has 1 fully saturated rings. The van der Waals surface area contributed by atoms with Crippen LogP contribution in [0, 0.1) is 0 Å². The maximum absolute atomic E-state index is 13.4. The van der Waals surface area contributed by atoms with E-state index >= 15 is 0 Å². The van der Waals surface area contributed by atoms with Gasteiger partial charge in [0.25, 0.3) is 15.9 Å². The molecule has 1 saturated heterocycles. The van der Waals surface area contributed by atoms with Crippen LogP contribution in [0.25, 0.3) is 22.0 Å². The van der Waals surface area contributed by atoms with Crippen molar-refractivity contribution < 1.29 is 17.9 Å². The summed E-state index contributed by atoms with van der Waals surface area (Å²) in [5.74, 6) is -0.187. The zero-order valence-corrected chi connectivity index (χ0v) is 22.7. The third kappa shape index (κ3) is 5.47. The smallest absolute Gasteiger partial charge is 0.268 e. The standard InChI is InChI=1S/C30H33N3O4S/c1-30(2,3)21-9-12-24(13-10-21)38(35,36)33-23-11-14-26-25(19-23)27(20-7-5-4-6-8-20)28(32-26)29(34)31-22-15-17-37-18-16-22/h4-14,19,22,32-33H,15-18H2,1-3H3,(H,31,34). The fraction of sp³-hybridized carbons (Fsp3) is 0.300. The van der Waals surface area contributed by atoms with Gasteiger partial charge in [-0.05, 0) is 59.7 Å². The number of sulfonamides is 1. The molecule has 1 aliphatic rings. The van der Waals surface area contributed by atoms with Gasteiger partial charge in [-0.25, -0.2) is 8.42 Å². The number of carbonyl (C=O) groups is 1. The second-order valence-electron chi connectivity index (χ2n) is 10.7. The molecule has 0 unspecified atom stereocenters. The molecule has 0 spiro atoms. The number of anilines is 1. The Kier molecular flexibility index (Phi) is 7.03. The van der Waals surface area contributed by atoms with Crippen molar-refractivity contribution >= 4 is 32.5 Å². The van der Waals surface area contributed by atoms with Crippen LogP contribution in [0.3, 0.4) is 0 Å².